The van der Waals surface area contributed by atoms with Crippen LogP contribution in [-0.4, -0.2) is 35.3 Å². The smallest absolute Gasteiger partial charge is 0.240 e. The topological polar surface area (TPSA) is 60.6 Å². The van der Waals surface area contributed by atoms with Crippen LogP contribution in [0, 0.1) is 0 Å². The van der Waals surface area contributed by atoms with Crippen LogP contribution in [0.4, 0.5) is 0 Å². The van der Waals surface area contributed by atoms with E-state index in [2.05, 4.69) is 28.0 Å². The van der Waals surface area contributed by atoms with Gasteiger partial charge in [-0.3, -0.25) is 4.90 Å². The Hall–Kier alpha value is -2.08. The molecule has 0 N–H and O–H groups in total. The molecule has 0 bridgehead atoms. The highest BCUT2D eigenvalue weighted by Crippen LogP contribution is 2.31. The van der Waals surface area contributed by atoms with Crippen LogP contribution in [0.1, 0.15) is 30.6 Å². The molecule has 0 aliphatic carbocycles. The minimum Gasteiger partial charge on any atom is -0.486 e. The minimum atomic E-state index is 0.606. The van der Waals surface area contributed by atoms with Gasteiger partial charge in [0.15, 0.2) is 17.3 Å². The number of ether oxygens (including phenoxy) is 2. The van der Waals surface area contributed by atoms with Gasteiger partial charge in [0.1, 0.15) is 13.2 Å². The zero-order valence-electron chi connectivity index (χ0n) is 13.0. The van der Waals surface area contributed by atoms with Gasteiger partial charge in [0.25, 0.3) is 0 Å². The molecule has 0 spiro atoms. The SMILES string of the molecule is CCCc1noc(CN(C)Cc2ccc3c(c2)OCCO3)n1. The summed E-state index contributed by atoms with van der Waals surface area (Å²) in [6.07, 6.45) is 1.88. The number of fused-ring (bicyclic) bond motifs is 1. The van der Waals surface area contributed by atoms with Crippen LogP contribution >= 0.6 is 0 Å². The first-order valence-electron chi connectivity index (χ1n) is 7.63. The van der Waals surface area contributed by atoms with Crippen molar-refractivity contribution >= 4 is 0 Å². The van der Waals surface area contributed by atoms with Gasteiger partial charge in [-0.25, -0.2) is 0 Å². The van der Waals surface area contributed by atoms with E-state index < -0.39 is 0 Å². The Morgan fingerprint density at radius 1 is 1.14 bits per heavy atom. The minimum absolute atomic E-state index is 0.606. The van der Waals surface area contributed by atoms with Gasteiger partial charge in [-0.2, -0.15) is 4.98 Å². The highest BCUT2D eigenvalue weighted by atomic mass is 16.6. The number of aryl methyl sites for hydroxylation is 1. The number of hydrogen-bond donors (Lipinski definition) is 0. The summed E-state index contributed by atoms with van der Waals surface area (Å²) in [5.41, 5.74) is 1.17. The van der Waals surface area contributed by atoms with Crippen LogP contribution in [0.5, 0.6) is 11.5 Å². The van der Waals surface area contributed by atoms with Gasteiger partial charge in [0.05, 0.1) is 6.54 Å². The standard InChI is InChI=1S/C16H21N3O3/c1-3-4-15-17-16(22-18-15)11-19(2)10-12-5-6-13-14(9-12)21-8-7-20-13/h5-6,9H,3-4,7-8,10-11H2,1-2H3. The lowest BCUT2D eigenvalue weighted by atomic mass is 10.2. The molecule has 0 radical (unpaired) electrons. The zero-order chi connectivity index (χ0) is 15.4. The molecule has 0 unspecified atom stereocenters. The van der Waals surface area contributed by atoms with Crippen molar-refractivity contribution < 1.29 is 14.0 Å². The molecule has 1 aliphatic rings. The van der Waals surface area contributed by atoms with E-state index in [0.29, 0.717) is 25.6 Å². The third kappa shape index (κ3) is 3.57. The summed E-state index contributed by atoms with van der Waals surface area (Å²) >= 11 is 0. The predicted molar refractivity (Wildman–Crippen MR) is 80.9 cm³/mol. The molecule has 0 saturated carbocycles. The molecule has 22 heavy (non-hydrogen) atoms. The molecule has 2 aromatic rings. The van der Waals surface area contributed by atoms with Crippen LogP contribution in [0.3, 0.4) is 0 Å². The predicted octanol–water partition coefficient (Wildman–Crippen LogP) is 2.43. The van der Waals surface area contributed by atoms with E-state index in [4.69, 9.17) is 14.0 Å². The number of nitrogens with zero attached hydrogens (tertiary/aromatic N) is 3. The molecule has 1 aliphatic heterocycles. The average molecular weight is 303 g/mol. The lowest BCUT2D eigenvalue weighted by Gasteiger charge is -2.20. The maximum atomic E-state index is 5.61. The summed E-state index contributed by atoms with van der Waals surface area (Å²) < 4.78 is 16.4. The van der Waals surface area contributed by atoms with Gasteiger partial charge < -0.3 is 14.0 Å². The molecule has 0 atom stereocenters. The molecule has 1 aromatic heterocycles. The molecule has 1 aromatic carbocycles. The molecule has 3 rings (SSSR count). The first-order chi connectivity index (χ1) is 10.7. The third-order valence-electron chi connectivity index (χ3n) is 3.45. The van der Waals surface area contributed by atoms with Crippen molar-refractivity contribution in [3.05, 3.63) is 35.5 Å². The van der Waals surface area contributed by atoms with Crippen molar-refractivity contribution in [2.45, 2.75) is 32.9 Å². The second-order valence-corrected chi connectivity index (χ2v) is 5.50. The summed E-state index contributed by atoms with van der Waals surface area (Å²) in [5, 5.41) is 3.97. The van der Waals surface area contributed by atoms with E-state index in [9.17, 15) is 0 Å². The van der Waals surface area contributed by atoms with Crippen molar-refractivity contribution in [1.82, 2.24) is 15.0 Å². The number of hydrogen-bond acceptors (Lipinski definition) is 6. The normalized spacial score (nSPS) is 13.6. The molecular weight excluding hydrogens is 282 g/mol. The molecular formula is C16H21N3O3. The van der Waals surface area contributed by atoms with Gasteiger partial charge in [-0.1, -0.05) is 18.1 Å². The lowest BCUT2D eigenvalue weighted by Crippen LogP contribution is -2.19. The summed E-state index contributed by atoms with van der Waals surface area (Å²) in [4.78, 5) is 6.52. The maximum Gasteiger partial charge on any atom is 0.240 e. The quantitative estimate of drug-likeness (QED) is 0.817. The van der Waals surface area contributed by atoms with Crippen molar-refractivity contribution in [2.75, 3.05) is 20.3 Å². The Morgan fingerprint density at radius 2 is 1.95 bits per heavy atom. The molecule has 6 heteroatoms. The first-order valence-corrected chi connectivity index (χ1v) is 7.63. The van der Waals surface area contributed by atoms with Gasteiger partial charge in [0, 0.05) is 13.0 Å². The Balaban J connectivity index is 1.60. The largest absolute Gasteiger partial charge is 0.486 e. The third-order valence-corrected chi connectivity index (χ3v) is 3.45. The van der Waals surface area contributed by atoms with Gasteiger partial charge in [-0.05, 0) is 31.2 Å². The lowest BCUT2D eigenvalue weighted by molar-refractivity contribution is 0.171. The Bertz CT molecular complexity index is 627. The monoisotopic (exact) mass is 303 g/mol. The van der Waals surface area contributed by atoms with Gasteiger partial charge in [0.2, 0.25) is 5.89 Å². The first kappa shape index (κ1) is 14.8. The zero-order valence-corrected chi connectivity index (χ0v) is 13.0. The highest BCUT2D eigenvalue weighted by Gasteiger charge is 2.13. The van der Waals surface area contributed by atoms with Crippen LogP contribution < -0.4 is 9.47 Å². The van der Waals surface area contributed by atoms with Crippen LogP contribution in [0.2, 0.25) is 0 Å². The van der Waals surface area contributed by atoms with Gasteiger partial charge >= 0.3 is 0 Å². The summed E-state index contributed by atoms with van der Waals surface area (Å²) in [6, 6.07) is 6.05. The van der Waals surface area contributed by atoms with Crippen LogP contribution in [0.25, 0.3) is 0 Å². The molecule has 0 amide bonds. The number of benzene rings is 1. The second kappa shape index (κ2) is 6.79. The fourth-order valence-corrected chi connectivity index (χ4v) is 2.46. The van der Waals surface area contributed by atoms with Crippen molar-refractivity contribution in [3.8, 4) is 11.5 Å². The van der Waals surface area contributed by atoms with E-state index in [0.717, 1.165) is 36.7 Å². The van der Waals surface area contributed by atoms with E-state index in [-0.39, 0.29) is 0 Å². The van der Waals surface area contributed by atoms with E-state index in [1.165, 1.54) is 5.56 Å². The molecule has 118 valence electrons. The average Bonchev–Trinajstić information content (AvgIpc) is 2.94. The summed E-state index contributed by atoms with van der Waals surface area (Å²) in [5.74, 6) is 3.08. The Labute approximate surface area is 130 Å². The van der Waals surface area contributed by atoms with E-state index in [1.54, 1.807) is 0 Å². The Morgan fingerprint density at radius 3 is 2.77 bits per heavy atom. The number of aromatic nitrogens is 2. The Kier molecular flexibility index (Phi) is 4.58. The second-order valence-electron chi connectivity index (χ2n) is 5.50. The van der Waals surface area contributed by atoms with Gasteiger partial charge in [-0.15, -0.1) is 0 Å². The fourth-order valence-electron chi connectivity index (χ4n) is 2.46. The van der Waals surface area contributed by atoms with Crippen molar-refractivity contribution in [3.63, 3.8) is 0 Å². The van der Waals surface area contributed by atoms with E-state index >= 15 is 0 Å². The fraction of sp³-hybridized carbons (Fsp3) is 0.500. The van der Waals surface area contributed by atoms with Crippen molar-refractivity contribution in [2.24, 2.45) is 0 Å². The number of rotatable bonds is 6. The highest BCUT2D eigenvalue weighted by molar-refractivity contribution is 5.43. The molecule has 6 nitrogen and oxygen atoms in total. The molecule has 2 heterocycles. The van der Waals surface area contributed by atoms with Crippen molar-refractivity contribution in [1.29, 1.82) is 0 Å². The van der Waals surface area contributed by atoms with E-state index in [1.807, 2.05) is 19.2 Å². The maximum absolute atomic E-state index is 5.61. The summed E-state index contributed by atoms with van der Waals surface area (Å²) in [7, 11) is 2.03. The summed E-state index contributed by atoms with van der Waals surface area (Å²) in [6.45, 7) is 4.73. The molecule has 0 saturated heterocycles. The van der Waals surface area contributed by atoms with Crippen LogP contribution in [0.15, 0.2) is 22.7 Å². The molecule has 0 fully saturated rings. The van der Waals surface area contributed by atoms with Crippen LogP contribution in [-0.2, 0) is 19.5 Å².